The molecule has 2 aliphatic heterocycles. The summed E-state index contributed by atoms with van der Waals surface area (Å²) in [6.07, 6.45) is 1.29. The molecule has 0 spiro atoms. The van der Waals surface area contributed by atoms with Crippen molar-refractivity contribution in [3.05, 3.63) is 29.3 Å². The number of rotatable bonds is 4. The van der Waals surface area contributed by atoms with E-state index < -0.39 is 0 Å². The molecule has 116 valence electrons. The van der Waals surface area contributed by atoms with Gasteiger partial charge in [0.25, 0.3) is 0 Å². The summed E-state index contributed by atoms with van der Waals surface area (Å²) in [5, 5.41) is 3.38. The molecule has 1 N–H and O–H groups in total. The molecule has 1 fully saturated rings. The first-order chi connectivity index (χ1) is 10.0. The maximum Gasteiger partial charge on any atom is 0.127 e. The van der Waals surface area contributed by atoms with E-state index in [0.29, 0.717) is 0 Å². The van der Waals surface area contributed by atoms with Gasteiger partial charge in [-0.25, -0.2) is 0 Å². The molecular formula is C17H26N2O2. The van der Waals surface area contributed by atoms with Crippen molar-refractivity contribution >= 4 is 0 Å². The van der Waals surface area contributed by atoms with Crippen LogP contribution in [0.15, 0.2) is 18.2 Å². The van der Waals surface area contributed by atoms with Gasteiger partial charge in [0.1, 0.15) is 11.4 Å². The van der Waals surface area contributed by atoms with Gasteiger partial charge in [0.05, 0.1) is 12.7 Å². The number of morpholine rings is 1. The fourth-order valence-corrected chi connectivity index (χ4v) is 3.24. The normalized spacial score (nSPS) is 23.9. The minimum Gasteiger partial charge on any atom is -0.487 e. The molecule has 2 heterocycles. The number of hydrogen-bond donors (Lipinski definition) is 1. The Labute approximate surface area is 127 Å². The first-order valence-corrected chi connectivity index (χ1v) is 7.84. The molecule has 0 aliphatic carbocycles. The molecule has 0 saturated carbocycles. The monoisotopic (exact) mass is 290 g/mol. The Morgan fingerprint density at radius 3 is 3.00 bits per heavy atom. The van der Waals surface area contributed by atoms with Crippen molar-refractivity contribution in [2.45, 2.75) is 38.5 Å². The van der Waals surface area contributed by atoms with Crippen LogP contribution in [0.25, 0.3) is 0 Å². The van der Waals surface area contributed by atoms with Gasteiger partial charge >= 0.3 is 0 Å². The highest BCUT2D eigenvalue weighted by Crippen LogP contribution is 2.37. The lowest BCUT2D eigenvalue weighted by atomic mass is 10.0. The fraction of sp³-hybridized carbons (Fsp3) is 0.647. The highest BCUT2D eigenvalue weighted by Gasteiger charge is 2.31. The molecule has 1 aromatic carbocycles. The lowest BCUT2D eigenvalue weighted by Crippen LogP contribution is -2.44. The number of nitrogens with one attached hydrogen (secondary N) is 1. The Kier molecular flexibility index (Phi) is 4.20. The van der Waals surface area contributed by atoms with E-state index in [-0.39, 0.29) is 11.7 Å². The highest BCUT2D eigenvalue weighted by molar-refractivity contribution is 5.45. The van der Waals surface area contributed by atoms with E-state index in [1.165, 1.54) is 11.1 Å². The molecule has 0 bridgehead atoms. The summed E-state index contributed by atoms with van der Waals surface area (Å²) in [6, 6.07) is 6.50. The van der Waals surface area contributed by atoms with E-state index in [1.807, 2.05) is 0 Å². The fourth-order valence-electron chi connectivity index (χ4n) is 3.24. The standard InChI is InChI=1S/C17H26N2O2/c1-17(2)9-13-5-4-6-14(16(13)21-17)11-19(3)12-15-10-18-7-8-20-15/h4-6,15,18H,7-12H2,1-3H3. The molecule has 0 amide bonds. The van der Waals surface area contributed by atoms with Gasteiger partial charge < -0.3 is 14.8 Å². The molecule has 0 radical (unpaired) electrons. The van der Waals surface area contributed by atoms with E-state index in [1.54, 1.807) is 0 Å². The zero-order chi connectivity index (χ0) is 14.9. The predicted octanol–water partition coefficient (Wildman–Crippen LogP) is 1.82. The van der Waals surface area contributed by atoms with Crippen molar-refractivity contribution in [2.24, 2.45) is 0 Å². The lowest BCUT2D eigenvalue weighted by Gasteiger charge is -2.28. The Bertz CT molecular complexity index is 496. The van der Waals surface area contributed by atoms with Crippen LogP contribution in [0.2, 0.25) is 0 Å². The number of fused-ring (bicyclic) bond motifs is 1. The zero-order valence-corrected chi connectivity index (χ0v) is 13.3. The number of hydrogen-bond acceptors (Lipinski definition) is 4. The van der Waals surface area contributed by atoms with Gasteiger partial charge in [0.2, 0.25) is 0 Å². The summed E-state index contributed by atoms with van der Waals surface area (Å²) in [5.74, 6) is 1.09. The smallest absolute Gasteiger partial charge is 0.127 e. The van der Waals surface area contributed by atoms with E-state index in [2.05, 4.69) is 49.3 Å². The van der Waals surface area contributed by atoms with Gasteiger partial charge in [-0.05, 0) is 26.5 Å². The second kappa shape index (κ2) is 5.95. The van der Waals surface area contributed by atoms with Crippen molar-refractivity contribution < 1.29 is 9.47 Å². The van der Waals surface area contributed by atoms with Crippen LogP contribution in [-0.4, -0.2) is 49.9 Å². The largest absolute Gasteiger partial charge is 0.487 e. The molecule has 1 unspecified atom stereocenters. The average molecular weight is 290 g/mol. The van der Waals surface area contributed by atoms with Crippen LogP contribution in [0.1, 0.15) is 25.0 Å². The summed E-state index contributed by atoms with van der Waals surface area (Å²) in [6.45, 7) is 8.88. The Morgan fingerprint density at radius 1 is 1.38 bits per heavy atom. The SMILES string of the molecule is CN(Cc1cccc2c1OC(C)(C)C2)CC1CNCCO1. The van der Waals surface area contributed by atoms with E-state index in [0.717, 1.165) is 45.0 Å². The van der Waals surface area contributed by atoms with Crippen molar-refractivity contribution in [3.63, 3.8) is 0 Å². The first-order valence-electron chi connectivity index (χ1n) is 7.84. The van der Waals surface area contributed by atoms with Crippen molar-refractivity contribution in [3.8, 4) is 5.75 Å². The third-order valence-electron chi connectivity index (χ3n) is 4.13. The summed E-state index contributed by atoms with van der Waals surface area (Å²) in [7, 11) is 2.15. The van der Waals surface area contributed by atoms with Gasteiger partial charge in [-0.2, -0.15) is 0 Å². The van der Waals surface area contributed by atoms with Crippen LogP contribution in [0.4, 0.5) is 0 Å². The van der Waals surface area contributed by atoms with Crippen LogP contribution in [0.5, 0.6) is 5.75 Å². The van der Waals surface area contributed by atoms with Crippen LogP contribution in [0.3, 0.4) is 0 Å². The molecular weight excluding hydrogens is 264 g/mol. The summed E-state index contributed by atoms with van der Waals surface area (Å²) < 4.78 is 11.9. The van der Waals surface area contributed by atoms with Crippen molar-refractivity contribution in [1.29, 1.82) is 0 Å². The Morgan fingerprint density at radius 2 is 2.24 bits per heavy atom. The topological polar surface area (TPSA) is 33.7 Å². The van der Waals surface area contributed by atoms with E-state index in [9.17, 15) is 0 Å². The average Bonchev–Trinajstić information content (AvgIpc) is 2.75. The van der Waals surface area contributed by atoms with Gasteiger partial charge in [-0.15, -0.1) is 0 Å². The molecule has 4 nitrogen and oxygen atoms in total. The first kappa shape index (κ1) is 14.8. The lowest BCUT2D eigenvalue weighted by molar-refractivity contribution is 0.00863. The third-order valence-corrected chi connectivity index (χ3v) is 4.13. The molecule has 1 atom stereocenters. The molecule has 21 heavy (non-hydrogen) atoms. The number of likely N-dealkylation sites (N-methyl/N-ethyl adjacent to an activating group) is 1. The molecule has 3 rings (SSSR count). The van der Waals surface area contributed by atoms with E-state index in [4.69, 9.17) is 9.47 Å². The number of ether oxygens (including phenoxy) is 2. The van der Waals surface area contributed by atoms with Gasteiger partial charge in [0, 0.05) is 38.2 Å². The summed E-state index contributed by atoms with van der Waals surface area (Å²) in [5.41, 5.74) is 2.54. The van der Waals surface area contributed by atoms with Crippen LogP contribution >= 0.6 is 0 Å². The second-order valence-electron chi connectivity index (χ2n) is 6.84. The van der Waals surface area contributed by atoms with E-state index >= 15 is 0 Å². The van der Waals surface area contributed by atoms with Crippen molar-refractivity contribution in [1.82, 2.24) is 10.2 Å². The predicted molar refractivity (Wildman–Crippen MR) is 83.8 cm³/mol. The summed E-state index contributed by atoms with van der Waals surface area (Å²) >= 11 is 0. The number of nitrogens with zero attached hydrogens (tertiary/aromatic N) is 1. The van der Waals surface area contributed by atoms with Gasteiger partial charge in [0.15, 0.2) is 0 Å². The third kappa shape index (κ3) is 3.57. The summed E-state index contributed by atoms with van der Waals surface area (Å²) in [4.78, 5) is 2.32. The quantitative estimate of drug-likeness (QED) is 0.917. The molecule has 2 aliphatic rings. The minimum absolute atomic E-state index is 0.0760. The maximum absolute atomic E-state index is 6.15. The maximum atomic E-state index is 6.15. The molecule has 0 aromatic heterocycles. The van der Waals surface area contributed by atoms with Crippen LogP contribution in [0, 0.1) is 0 Å². The Hall–Kier alpha value is -1.10. The Balaban J connectivity index is 1.64. The number of para-hydroxylation sites is 1. The van der Waals surface area contributed by atoms with Gasteiger partial charge in [-0.3, -0.25) is 4.90 Å². The van der Waals surface area contributed by atoms with Crippen LogP contribution in [-0.2, 0) is 17.7 Å². The van der Waals surface area contributed by atoms with Crippen molar-refractivity contribution in [2.75, 3.05) is 33.3 Å². The molecule has 1 saturated heterocycles. The molecule has 1 aromatic rings. The second-order valence-corrected chi connectivity index (χ2v) is 6.84. The zero-order valence-electron chi connectivity index (χ0n) is 13.3. The highest BCUT2D eigenvalue weighted by atomic mass is 16.5. The van der Waals surface area contributed by atoms with Gasteiger partial charge in [-0.1, -0.05) is 18.2 Å². The number of benzene rings is 1. The molecule has 4 heteroatoms. The van der Waals surface area contributed by atoms with Crippen LogP contribution < -0.4 is 10.1 Å². The minimum atomic E-state index is -0.0760.